The molecule has 0 bridgehead atoms. The highest BCUT2D eigenvalue weighted by Gasteiger charge is 2.07. The van der Waals surface area contributed by atoms with Gasteiger partial charge in [0.25, 0.3) is 0 Å². The summed E-state index contributed by atoms with van der Waals surface area (Å²) in [6.07, 6.45) is 3.07. The van der Waals surface area contributed by atoms with Crippen molar-refractivity contribution in [2.24, 2.45) is 0 Å². The van der Waals surface area contributed by atoms with Crippen molar-refractivity contribution in [3.05, 3.63) is 35.4 Å². The molecule has 2 rings (SSSR count). The Balaban J connectivity index is 2.35. The lowest BCUT2D eigenvalue weighted by atomic mass is 10.0. The SMILES string of the molecule is Cc1cc(C2=CCNCC2)cc(F)n1. The minimum Gasteiger partial charge on any atom is -0.313 e. The highest BCUT2D eigenvalue weighted by molar-refractivity contribution is 5.66. The molecule has 1 aromatic heterocycles. The molecule has 0 fully saturated rings. The van der Waals surface area contributed by atoms with Crippen LogP contribution in [0.5, 0.6) is 0 Å². The maximum atomic E-state index is 13.0. The zero-order valence-electron chi connectivity index (χ0n) is 8.18. The average Bonchev–Trinajstić information content (AvgIpc) is 2.18. The van der Waals surface area contributed by atoms with E-state index in [1.54, 1.807) is 0 Å². The largest absolute Gasteiger partial charge is 0.313 e. The Morgan fingerprint density at radius 2 is 2.29 bits per heavy atom. The van der Waals surface area contributed by atoms with E-state index in [0.29, 0.717) is 0 Å². The molecule has 0 atom stereocenters. The van der Waals surface area contributed by atoms with Crippen LogP contribution in [-0.2, 0) is 0 Å². The summed E-state index contributed by atoms with van der Waals surface area (Å²) < 4.78 is 13.0. The fraction of sp³-hybridized carbons (Fsp3) is 0.364. The molecule has 1 aromatic rings. The van der Waals surface area contributed by atoms with Gasteiger partial charge in [0.05, 0.1) is 0 Å². The molecular formula is C11H13FN2. The first kappa shape index (κ1) is 9.34. The van der Waals surface area contributed by atoms with Crippen molar-refractivity contribution < 1.29 is 4.39 Å². The Hall–Kier alpha value is -1.22. The first-order valence-electron chi connectivity index (χ1n) is 4.80. The molecule has 14 heavy (non-hydrogen) atoms. The molecule has 2 nitrogen and oxygen atoms in total. The first-order valence-corrected chi connectivity index (χ1v) is 4.80. The van der Waals surface area contributed by atoms with Crippen molar-refractivity contribution in [2.75, 3.05) is 13.1 Å². The van der Waals surface area contributed by atoms with Crippen molar-refractivity contribution in [1.82, 2.24) is 10.3 Å². The van der Waals surface area contributed by atoms with Crippen LogP contribution in [0.4, 0.5) is 4.39 Å². The van der Waals surface area contributed by atoms with E-state index in [1.807, 2.05) is 13.0 Å². The molecule has 0 aromatic carbocycles. The van der Waals surface area contributed by atoms with Gasteiger partial charge in [-0.1, -0.05) is 6.08 Å². The molecule has 0 saturated heterocycles. The number of hydrogen-bond donors (Lipinski definition) is 1. The van der Waals surface area contributed by atoms with Gasteiger partial charge in [-0.05, 0) is 37.1 Å². The number of rotatable bonds is 1. The monoisotopic (exact) mass is 192 g/mol. The van der Waals surface area contributed by atoms with Gasteiger partial charge in [0.2, 0.25) is 5.95 Å². The molecule has 0 aliphatic carbocycles. The minimum absolute atomic E-state index is 0.389. The van der Waals surface area contributed by atoms with E-state index < -0.39 is 0 Å². The van der Waals surface area contributed by atoms with Crippen LogP contribution in [0.25, 0.3) is 5.57 Å². The molecule has 74 valence electrons. The molecule has 0 amide bonds. The smallest absolute Gasteiger partial charge is 0.213 e. The number of nitrogens with one attached hydrogen (secondary N) is 1. The molecule has 1 aliphatic rings. The van der Waals surface area contributed by atoms with Crippen LogP contribution >= 0.6 is 0 Å². The van der Waals surface area contributed by atoms with Crippen LogP contribution < -0.4 is 5.32 Å². The van der Waals surface area contributed by atoms with Gasteiger partial charge in [-0.3, -0.25) is 0 Å². The molecule has 1 aliphatic heterocycles. The minimum atomic E-state index is -0.389. The summed E-state index contributed by atoms with van der Waals surface area (Å²) in [4.78, 5) is 3.72. The summed E-state index contributed by atoms with van der Waals surface area (Å²) in [7, 11) is 0. The normalized spacial score (nSPS) is 16.6. The van der Waals surface area contributed by atoms with Crippen molar-refractivity contribution in [3.63, 3.8) is 0 Å². The second-order valence-corrected chi connectivity index (χ2v) is 3.50. The van der Waals surface area contributed by atoms with Gasteiger partial charge >= 0.3 is 0 Å². The third-order valence-corrected chi connectivity index (χ3v) is 2.36. The molecule has 0 spiro atoms. The average molecular weight is 192 g/mol. The molecule has 0 radical (unpaired) electrons. The summed E-state index contributed by atoms with van der Waals surface area (Å²) in [5.41, 5.74) is 2.92. The van der Waals surface area contributed by atoms with Crippen LogP contribution in [-0.4, -0.2) is 18.1 Å². The molecular weight excluding hydrogens is 179 g/mol. The summed E-state index contributed by atoms with van der Waals surface area (Å²) in [5.74, 6) is -0.389. The Bertz CT molecular complexity index is 351. The van der Waals surface area contributed by atoms with Crippen molar-refractivity contribution >= 4 is 5.57 Å². The van der Waals surface area contributed by atoms with E-state index in [1.165, 1.54) is 11.6 Å². The predicted octanol–water partition coefficient (Wildman–Crippen LogP) is 1.91. The van der Waals surface area contributed by atoms with Crippen LogP contribution in [0.2, 0.25) is 0 Å². The van der Waals surface area contributed by atoms with Gasteiger partial charge in [0, 0.05) is 18.3 Å². The lowest BCUT2D eigenvalue weighted by molar-refractivity contribution is 0.579. The summed E-state index contributed by atoms with van der Waals surface area (Å²) in [6.45, 7) is 3.65. The summed E-state index contributed by atoms with van der Waals surface area (Å²) in [6, 6.07) is 3.43. The predicted molar refractivity (Wildman–Crippen MR) is 54.4 cm³/mol. The highest BCUT2D eigenvalue weighted by atomic mass is 19.1. The van der Waals surface area contributed by atoms with Crippen molar-refractivity contribution in [2.45, 2.75) is 13.3 Å². The number of aryl methyl sites for hydroxylation is 1. The van der Waals surface area contributed by atoms with Gasteiger partial charge in [-0.25, -0.2) is 4.98 Å². The Morgan fingerprint density at radius 3 is 2.93 bits per heavy atom. The van der Waals surface area contributed by atoms with E-state index in [2.05, 4.69) is 16.4 Å². The lowest BCUT2D eigenvalue weighted by Crippen LogP contribution is -2.20. The number of aromatic nitrogens is 1. The van der Waals surface area contributed by atoms with Crippen LogP contribution in [0.1, 0.15) is 17.7 Å². The molecule has 1 N–H and O–H groups in total. The molecule has 3 heteroatoms. The van der Waals surface area contributed by atoms with E-state index in [-0.39, 0.29) is 5.95 Å². The quantitative estimate of drug-likeness (QED) is 0.687. The highest BCUT2D eigenvalue weighted by Crippen LogP contribution is 2.20. The lowest BCUT2D eigenvalue weighted by Gasteiger charge is -2.14. The van der Waals surface area contributed by atoms with E-state index in [4.69, 9.17) is 0 Å². The third-order valence-electron chi connectivity index (χ3n) is 2.36. The fourth-order valence-electron chi connectivity index (χ4n) is 1.70. The number of nitrogens with zero attached hydrogens (tertiary/aromatic N) is 1. The number of pyridine rings is 1. The maximum Gasteiger partial charge on any atom is 0.213 e. The second-order valence-electron chi connectivity index (χ2n) is 3.50. The Labute approximate surface area is 82.9 Å². The van der Waals surface area contributed by atoms with E-state index in [9.17, 15) is 4.39 Å². The summed E-state index contributed by atoms with van der Waals surface area (Å²) >= 11 is 0. The van der Waals surface area contributed by atoms with E-state index >= 15 is 0 Å². The van der Waals surface area contributed by atoms with Gasteiger partial charge < -0.3 is 5.32 Å². The van der Waals surface area contributed by atoms with Crippen LogP contribution in [0.3, 0.4) is 0 Å². The Kier molecular flexibility index (Phi) is 2.59. The summed E-state index contributed by atoms with van der Waals surface area (Å²) in [5, 5.41) is 3.23. The maximum absolute atomic E-state index is 13.0. The fourth-order valence-corrected chi connectivity index (χ4v) is 1.70. The van der Waals surface area contributed by atoms with E-state index in [0.717, 1.165) is 30.8 Å². The standard InChI is InChI=1S/C11H13FN2/c1-8-6-10(7-11(12)14-8)9-2-4-13-5-3-9/h2,6-7,13H,3-5H2,1H3. The topological polar surface area (TPSA) is 24.9 Å². The zero-order valence-corrected chi connectivity index (χ0v) is 8.18. The van der Waals surface area contributed by atoms with Gasteiger partial charge in [-0.2, -0.15) is 4.39 Å². The number of hydrogen-bond acceptors (Lipinski definition) is 2. The second kappa shape index (κ2) is 3.88. The molecule has 0 unspecified atom stereocenters. The van der Waals surface area contributed by atoms with Crippen LogP contribution in [0.15, 0.2) is 18.2 Å². The first-order chi connectivity index (χ1) is 6.75. The van der Waals surface area contributed by atoms with Crippen molar-refractivity contribution in [1.29, 1.82) is 0 Å². The van der Waals surface area contributed by atoms with Gasteiger partial charge in [0.15, 0.2) is 0 Å². The number of halogens is 1. The Morgan fingerprint density at radius 1 is 1.43 bits per heavy atom. The molecule has 2 heterocycles. The van der Waals surface area contributed by atoms with Gasteiger partial charge in [0.1, 0.15) is 0 Å². The van der Waals surface area contributed by atoms with Gasteiger partial charge in [-0.15, -0.1) is 0 Å². The third kappa shape index (κ3) is 1.99. The van der Waals surface area contributed by atoms with Crippen LogP contribution in [0, 0.1) is 12.9 Å². The zero-order chi connectivity index (χ0) is 9.97. The van der Waals surface area contributed by atoms with Crippen molar-refractivity contribution in [3.8, 4) is 0 Å². The molecule has 0 saturated carbocycles.